The highest BCUT2D eigenvalue weighted by atomic mass is 32.2. The van der Waals surface area contributed by atoms with Crippen molar-refractivity contribution in [2.45, 2.75) is 162 Å². The van der Waals surface area contributed by atoms with Crippen LogP contribution in [-0.2, 0) is 4.74 Å². The van der Waals surface area contributed by atoms with Gasteiger partial charge < -0.3 is 10.1 Å². The zero-order valence-corrected chi connectivity index (χ0v) is 43.0. The predicted octanol–water partition coefficient (Wildman–Crippen LogP) is 17.3. The summed E-state index contributed by atoms with van der Waals surface area (Å²) in [6, 6.07) is 13.7. The summed E-state index contributed by atoms with van der Waals surface area (Å²) in [5.74, 6) is 4.45. The Hall–Kier alpha value is -4.01. The summed E-state index contributed by atoms with van der Waals surface area (Å²) in [7, 11) is 1.39. The van der Waals surface area contributed by atoms with Gasteiger partial charge in [-0.3, -0.25) is 0 Å². The first-order valence-corrected chi connectivity index (χ1v) is 23.7. The average Bonchev–Trinajstić information content (AvgIpc) is 3.78. The van der Waals surface area contributed by atoms with Crippen molar-refractivity contribution in [1.29, 1.82) is 5.26 Å². The largest absolute Gasteiger partial charge is 0.465 e. The van der Waals surface area contributed by atoms with Crippen LogP contribution in [0.15, 0.2) is 102 Å². The fourth-order valence-electron chi connectivity index (χ4n) is 5.98. The highest BCUT2D eigenvalue weighted by molar-refractivity contribution is 8.05. The maximum Gasteiger partial charge on any atom is 0.337 e. The minimum Gasteiger partial charge on any atom is -0.465 e. The highest BCUT2D eigenvalue weighted by Gasteiger charge is 2.37. The summed E-state index contributed by atoms with van der Waals surface area (Å²) >= 11 is 1.74. The van der Waals surface area contributed by atoms with Crippen LogP contribution in [0.25, 0.3) is 6.08 Å². The third kappa shape index (κ3) is 30.6. The second-order valence-corrected chi connectivity index (χ2v) is 17.4. The average molecular weight is 855 g/mol. The van der Waals surface area contributed by atoms with Gasteiger partial charge in [-0.15, -0.1) is 18.3 Å². The van der Waals surface area contributed by atoms with Crippen LogP contribution in [0.4, 0.5) is 0 Å². The molecule has 4 rings (SSSR count). The summed E-state index contributed by atoms with van der Waals surface area (Å²) in [5, 5.41) is 13.7. The molecule has 1 saturated carbocycles. The smallest absolute Gasteiger partial charge is 0.337 e. The van der Waals surface area contributed by atoms with Gasteiger partial charge in [0.05, 0.1) is 24.3 Å². The van der Waals surface area contributed by atoms with Crippen LogP contribution in [-0.4, -0.2) is 19.1 Å². The minimum absolute atomic E-state index is 0.280. The van der Waals surface area contributed by atoms with Crippen molar-refractivity contribution >= 4 is 23.8 Å². The third-order valence-electron chi connectivity index (χ3n) is 11.1. The summed E-state index contributed by atoms with van der Waals surface area (Å²) < 4.78 is 4.59. The molecule has 1 N–H and O–H groups in total. The lowest BCUT2D eigenvalue weighted by Crippen LogP contribution is -2.23. The maximum atomic E-state index is 11.1. The number of rotatable bonds is 13. The molecule has 2 aromatic carbocycles. The quantitative estimate of drug-likeness (QED) is 0.161. The Morgan fingerprint density at radius 2 is 1.49 bits per heavy atom. The number of methoxy groups -OCH3 is 1. The number of aryl methyl sites for hydroxylation is 3. The number of nitrogens with one attached hydrogen (secondary N) is 1. The van der Waals surface area contributed by atoms with Gasteiger partial charge in [-0.05, 0) is 160 Å². The molecule has 0 spiro atoms. The highest BCUT2D eigenvalue weighted by Crippen LogP contribution is 2.44. The van der Waals surface area contributed by atoms with Crippen molar-refractivity contribution < 1.29 is 9.53 Å². The number of unbranched alkanes of at least 4 members (excludes halogenated alkanes) is 2. The number of allylic oxidation sites excluding steroid dienone is 6. The standard InChI is InChI=1S/C12H24.C10H9N.C10H12O2.C9H16S.C7H11N.C6H12.C2H6/c1-6-7-8-11(4)12(5)9-10(2)3;1-3-10-5-4-9(7-11)6-8(10)2;1-7-4-5-9(6-8(7)2)10(11)12-3;1-4-7-8-9(5-2)10-6-3;1-6-4-3-5-7(2)8-6;1-4-5(2)6(4)3;1-2/h11-12H,2,6-9H2,1,3-5H3;3-6H,1H2,2H3;4-6H,1-3H3;5-6H,3-4,7-8H2,1-2H3;3-6,8H,1-2H3;4-6H,1-3H3;1-2H3/b;;;9-5-;;;. The Kier molecular flexibility index (Phi) is 37.9. The van der Waals surface area contributed by atoms with Crippen molar-refractivity contribution in [1.82, 2.24) is 5.32 Å². The van der Waals surface area contributed by atoms with Crippen LogP contribution in [0.2, 0.25) is 0 Å². The molecule has 4 nitrogen and oxygen atoms in total. The molecule has 0 saturated heterocycles. The van der Waals surface area contributed by atoms with E-state index in [-0.39, 0.29) is 5.97 Å². The Morgan fingerprint density at radius 3 is 1.87 bits per heavy atom. The SMILES string of the molecule is C=C(C)CC(C)C(C)CCCC.C=CS/C(=C\C)CCCC.C=Cc1ccc(C#N)cc1C.CC.CC1=CC=CC(C)N1.CC1C(C)C1C.COC(=O)c1ccc(C)c(C)c1. The number of thioether (sulfide) groups is 1. The first kappa shape index (κ1) is 61.3. The zero-order valence-electron chi connectivity index (χ0n) is 42.1. The zero-order chi connectivity index (χ0) is 47.5. The van der Waals surface area contributed by atoms with E-state index in [4.69, 9.17) is 5.26 Å². The molecular weight excluding hydrogens is 765 g/mol. The molecule has 0 aromatic heterocycles. The van der Waals surface area contributed by atoms with Crippen molar-refractivity contribution in [2.24, 2.45) is 29.6 Å². The van der Waals surface area contributed by atoms with Crippen molar-refractivity contribution in [3.05, 3.63) is 135 Å². The first-order chi connectivity index (χ1) is 28.9. The molecular formula is C56H90N2O2S. The van der Waals surface area contributed by atoms with Gasteiger partial charge in [0, 0.05) is 11.7 Å². The molecule has 1 heterocycles. The van der Waals surface area contributed by atoms with E-state index >= 15 is 0 Å². The Morgan fingerprint density at radius 1 is 0.902 bits per heavy atom. The number of esters is 1. The van der Waals surface area contributed by atoms with Crippen LogP contribution < -0.4 is 5.32 Å². The molecule has 0 amide bonds. The summed E-state index contributed by atoms with van der Waals surface area (Å²) in [5.41, 5.74) is 8.36. The fourth-order valence-corrected chi connectivity index (χ4v) is 6.60. The number of ether oxygens (including phenoxy) is 1. The van der Waals surface area contributed by atoms with E-state index in [0.29, 0.717) is 17.2 Å². The lowest BCUT2D eigenvalue weighted by atomic mass is 9.87. The number of carbonyl (C=O) groups excluding carboxylic acids is 1. The van der Waals surface area contributed by atoms with E-state index in [0.717, 1.165) is 46.3 Å². The topological polar surface area (TPSA) is 62.1 Å². The predicted molar refractivity (Wildman–Crippen MR) is 276 cm³/mol. The van der Waals surface area contributed by atoms with Crippen LogP contribution in [0.3, 0.4) is 0 Å². The Labute approximate surface area is 382 Å². The number of nitriles is 1. The molecule has 2 aromatic rings. The Balaban J connectivity index is -0.000000663. The molecule has 0 bridgehead atoms. The van der Waals surface area contributed by atoms with Gasteiger partial charge in [0.2, 0.25) is 0 Å². The van der Waals surface area contributed by atoms with Gasteiger partial charge in [0.1, 0.15) is 0 Å². The molecule has 3 unspecified atom stereocenters. The molecule has 1 aliphatic heterocycles. The molecule has 1 aliphatic carbocycles. The van der Waals surface area contributed by atoms with E-state index in [9.17, 15) is 4.79 Å². The third-order valence-corrected chi connectivity index (χ3v) is 12.0. The number of hydrogen-bond acceptors (Lipinski definition) is 5. The van der Waals surface area contributed by atoms with E-state index in [1.165, 1.54) is 73.8 Å². The van der Waals surface area contributed by atoms with E-state index in [1.54, 1.807) is 30.0 Å². The molecule has 3 atom stereocenters. The second-order valence-electron chi connectivity index (χ2n) is 16.3. The lowest BCUT2D eigenvalue weighted by Gasteiger charge is -2.19. The number of nitrogens with zero attached hydrogens (tertiary/aromatic N) is 1. The molecule has 1 fully saturated rings. The van der Waals surface area contributed by atoms with Gasteiger partial charge in [0.15, 0.2) is 0 Å². The molecule has 61 heavy (non-hydrogen) atoms. The van der Waals surface area contributed by atoms with Gasteiger partial charge in [-0.2, -0.15) is 5.26 Å². The monoisotopic (exact) mass is 855 g/mol. The number of benzene rings is 2. The van der Waals surface area contributed by atoms with Crippen LogP contribution in [0, 0.1) is 61.7 Å². The minimum atomic E-state index is -0.280. The lowest BCUT2D eigenvalue weighted by molar-refractivity contribution is 0.0600. The first-order valence-electron chi connectivity index (χ1n) is 22.8. The summed E-state index contributed by atoms with van der Waals surface area (Å²) in [6.45, 7) is 45.8. The summed E-state index contributed by atoms with van der Waals surface area (Å²) in [6.07, 6.45) is 19.3. The molecule has 0 radical (unpaired) electrons. The van der Waals surface area contributed by atoms with Crippen molar-refractivity contribution in [3.8, 4) is 6.07 Å². The van der Waals surface area contributed by atoms with Crippen LogP contribution in [0.5, 0.6) is 0 Å². The van der Waals surface area contributed by atoms with E-state index in [1.807, 2.05) is 64.3 Å². The van der Waals surface area contributed by atoms with Crippen LogP contribution >= 0.6 is 11.8 Å². The van der Waals surface area contributed by atoms with Crippen molar-refractivity contribution in [3.63, 3.8) is 0 Å². The second kappa shape index (κ2) is 37.7. The van der Waals surface area contributed by atoms with Gasteiger partial charge in [-0.1, -0.05) is 143 Å². The molecule has 2 aliphatic rings. The molecule has 342 valence electrons. The summed E-state index contributed by atoms with van der Waals surface area (Å²) in [4.78, 5) is 12.5. The van der Waals surface area contributed by atoms with Gasteiger partial charge >= 0.3 is 5.97 Å². The van der Waals surface area contributed by atoms with Gasteiger partial charge in [0.25, 0.3) is 0 Å². The normalized spacial score (nSPS) is 17.5. The van der Waals surface area contributed by atoms with Gasteiger partial charge in [-0.25, -0.2) is 4.79 Å². The van der Waals surface area contributed by atoms with E-state index < -0.39 is 0 Å². The van der Waals surface area contributed by atoms with E-state index in [2.05, 4.69) is 136 Å². The Bertz CT molecular complexity index is 1640. The molecule has 5 heteroatoms. The number of hydrogen-bond donors (Lipinski definition) is 1. The number of carbonyl (C=O) groups is 1. The maximum absolute atomic E-state index is 11.1. The fraction of sp³-hybridized carbons (Fsp3) is 0.536. The van der Waals surface area contributed by atoms with Crippen LogP contribution in [0.1, 0.15) is 173 Å². The van der Waals surface area contributed by atoms with Crippen molar-refractivity contribution in [2.75, 3.05) is 7.11 Å². The number of dihydropyridines is 1.